The fourth-order valence-electron chi connectivity index (χ4n) is 1.50. The fraction of sp³-hybridized carbons (Fsp3) is 0. The van der Waals surface area contributed by atoms with Gasteiger partial charge in [-0.2, -0.15) is 5.26 Å². The van der Waals surface area contributed by atoms with E-state index in [0.717, 1.165) is 6.07 Å². The molecule has 90 valence electrons. The van der Waals surface area contributed by atoms with Gasteiger partial charge >= 0.3 is 0 Å². The molecule has 0 radical (unpaired) electrons. The lowest BCUT2D eigenvalue weighted by molar-refractivity contribution is 0.627. The summed E-state index contributed by atoms with van der Waals surface area (Å²) < 4.78 is 26.1. The second kappa shape index (κ2) is 5.03. The highest BCUT2D eigenvalue weighted by Crippen LogP contribution is 2.24. The number of hydrogen-bond acceptors (Lipinski definition) is 2. The highest BCUT2D eigenvalue weighted by Gasteiger charge is 2.05. The summed E-state index contributed by atoms with van der Waals surface area (Å²) in [7, 11) is 0. The first kappa shape index (κ1) is 12.3. The van der Waals surface area contributed by atoms with Crippen LogP contribution in [-0.4, -0.2) is 0 Å². The Morgan fingerprint density at radius 1 is 1.06 bits per heavy atom. The third-order valence-electron chi connectivity index (χ3n) is 2.24. The number of nitriles is 1. The molecule has 0 saturated carbocycles. The van der Waals surface area contributed by atoms with Gasteiger partial charge in [-0.3, -0.25) is 0 Å². The molecule has 0 aromatic heterocycles. The van der Waals surface area contributed by atoms with Crippen LogP contribution in [0, 0.1) is 23.0 Å². The molecule has 0 atom stereocenters. The van der Waals surface area contributed by atoms with Gasteiger partial charge in [0.15, 0.2) is 0 Å². The summed E-state index contributed by atoms with van der Waals surface area (Å²) in [6, 6.07) is 9.49. The van der Waals surface area contributed by atoms with Crippen molar-refractivity contribution in [1.29, 1.82) is 5.26 Å². The summed E-state index contributed by atoms with van der Waals surface area (Å²) in [4.78, 5) is 0. The van der Waals surface area contributed by atoms with E-state index < -0.39 is 11.6 Å². The Morgan fingerprint density at radius 2 is 1.83 bits per heavy atom. The Labute approximate surface area is 107 Å². The molecule has 18 heavy (non-hydrogen) atoms. The van der Waals surface area contributed by atoms with Crippen molar-refractivity contribution in [3.05, 3.63) is 58.6 Å². The first-order chi connectivity index (χ1) is 8.58. The van der Waals surface area contributed by atoms with E-state index in [2.05, 4.69) is 5.32 Å². The molecule has 0 spiro atoms. The third-order valence-corrected chi connectivity index (χ3v) is 2.46. The molecule has 5 heteroatoms. The maximum atomic E-state index is 13.1. The maximum absolute atomic E-state index is 13.1. The molecule has 0 fully saturated rings. The fourth-order valence-corrected chi connectivity index (χ4v) is 1.72. The Bertz CT molecular complexity index is 615. The smallest absolute Gasteiger partial charge is 0.126 e. The molecule has 0 unspecified atom stereocenters. The molecule has 0 aliphatic rings. The van der Waals surface area contributed by atoms with E-state index in [0.29, 0.717) is 11.4 Å². The van der Waals surface area contributed by atoms with E-state index in [1.54, 1.807) is 0 Å². The van der Waals surface area contributed by atoms with E-state index in [4.69, 9.17) is 16.9 Å². The van der Waals surface area contributed by atoms with Crippen molar-refractivity contribution in [3.63, 3.8) is 0 Å². The molecule has 2 aromatic carbocycles. The highest BCUT2D eigenvalue weighted by atomic mass is 35.5. The standard InChI is InChI=1S/C13H7ClF2N2/c14-9-4-11(16)6-12(5-9)18-13-2-1-10(15)3-8(13)7-17/h1-6,18H. The maximum Gasteiger partial charge on any atom is 0.126 e. The average molecular weight is 265 g/mol. The van der Waals surface area contributed by atoms with Crippen LogP contribution in [0.25, 0.3) is 0 Å². The van der Waals surface area contributed by atoms with E-state index in [-0.39, 0.29) is 10.6 Å². The minimum atomic E-state index is -0.505. The van der Waals surface area contributed by atoms with E-state index in [1.165, 1.54) is 30.3 Å². The first-order valence-electron chi connectivity index (χ1n) is 5.01. The number of halogens is 3. The van der Waals surface area contributed by atoms with Crippen molar-refractivity contribution in [2.45, 2.75) is 0 Å². The van der Waals surface area contributed by atoms with Crippen molar-refractivity contribution in [3.8, 4) is 6.07 Å². The summed E-state index contributed by atoms with van der Waals surface area (Å²) in [6.45, 7) is 0. The van der Waals surface area contributed by atoms with Crippen LogP contribution in [0.5, 0.6) is 0 Å². The molecular formula is C13H7ClF2N2. The molecule has 0 bridgehead atoms. The molecule has 0 aliphatic carbocycles. The van der Waals surface area contributed by atoms with Gasteiger partial charge in [0, 0.05) is 10.7 Å². The van der Waals surface area contributed by atoms with Crippen LogP contribution in [0.2, 0.25) is 5.02 Å². The molecule has 2 rings (SSSR count). The average Bonchev–Trinajstić information content (AvgIpc) is 2.30. The number of benzene rings is 2. The van der Waals surface area contributed by atoms with Crippen molar-refractivity contribution >= 4 is 23.0 Å². The summed E-state index contributed by atoms with van der Waals surface area (Å²) >= 11 is 5.71. The quantitative estimate of drug-likeness (QED) is 0.881. The Kier molecular flexibility index (Phi) is 3.45. The number of nitrogens with zero attached hydrogens (tertiary/aromatic N) is 1. The monoisotopic (exact) mass is 264 g/mol. The van der Waals surface area contributed by atoms with Crippen molar-refractivity contribution in [2.75, 3.05) is 5.32 Å². The molecule has 2 nitrogen and oxygen atoms in total. The SMILES string of the molecule is N#Cc1cc(F)ccc1Nc1cc(F)cc(Cl)c1. The summed E-state index contributed by atoms with van der Waals surface area (Å²) in [5.74, 6) is -1.00. The second-order valence-corrected chi connectivity index (χ2v) is 4.02. The van der Waals surface area contributed by atoms with Gasteiger partial charge < -0.3 is 5.32 Å². The minimum absolute atomic E-state index is 0.135. The summed E-state index contributed by atoms with van der Waals surface area (Å²) in [6.07, 6.45) is 0. The van der Waals surface area contributed by atoms with E-state index in [1.807, 2.05) is 6.07 Å². The largest absolute Gasteiger partial charge is 0.354 e. The van der Waals surface area contributed by atoms with Crippen molar-refractivity contribution in [2.24, 2.45) is 0 Å². The van der Waals surface area contributed by atoms with E-state index in [9.17, 15) is 8.78 Å². The van der Waals surface area contributed by atoms with Crippen LogP contribution in [0.4, 0.5) is 20.2 Å². The lowest BCUT2D eigenvalue weighted by Gasteiger charge is -2.08. The van der Waals surface area contributed by atoms with Gasteiger partial charge in [0.05, 0.1) is 11.3 Å². The topological polar surface area (TPSA) is 35.8 Å². The number of anilines is 2. The van der Waals surface area contributed by atoms with Crippen molar-refractivity contribution < 1.29 is 8.78 Å². The van der Waals surface area contributed by atoms with Gasteiger partial charge in [-0.1, -0.05) is 11.6 Å². The van der Waals surface area contributed by atoms with Crippen LogP contribution in [0.3, 0.4) is 0 Å². The van der Waals surface area contributed by atoms with Gasteiger partial charge in [-0.15, -0.1) is 0 Å². The predicted molar refractivity (Wildman–Crippen MR) is 65.8 cm³/mol. The van der Waals surface area contributed by atoms with Gasteiger partial charge in [0.1, 0.15) is 17.7 Å². The zero-order valence-corrected chi connectivity index (χ0v) is 9.80. The van der Waals surface area contributed by atoms with Crippen LogP contribution >= 0.6 is 11.6 Å². The molecule has 0 aliphatic heterocycles. The van der Waals surface area contributed by atoms with Gasteiger partial charge in [0.2, 0.25) is 0 Å². The van der Waals surface area contributed by atoms with Gasteiger partial charge in [0.25, 0.3) is 0 Å². The molecule has 2 aromatic rings. The second-order valence-electron chi connectivity index (χ2n) is 3.58. The van der Waals surface area contributed by atoms with Gasteiger partial charge in [-0.25, -0.2) is 8.78 Å². The van der Waals surface area contributed by atoms with Crippen molar-refractivity contribution in [1.82, 2.24) is 0 Å². The molecule has 1 N–H and O–H groups in total. The van der Waals surface area contributed by atoms with Crippen LogP contribution in [0.15, 0.2) is 36.4 Å². The normalized spacial score (nSPS) is 9.89. The number of nitrogens with one attached hydrogen (secondary N) is 1. The number of rotatable bonds is 2. The lowest BCUT2D eigenvalue weighted by Crippen LogP contribution is -1.95. The highest BCUT2D eigenvalue weighted by molar-refractivity contribution is 6.30. The van der Waals surface area contributed by atoms with Gasteiger partial charge in [-0.05, 0) is 36.4 Å². The molecule has 0 saturated heterocycles. The summed E-state index contributed by atoms with van der Waals surface area (Å²) in [5.41, 5.74) is 0.916. The Morgan fingerprint density at radius 3 is 2.50 bits per heavy atom. The molecule has 0 amide bonds. The number of hydrogen-bond donors (Lipinski definition) is 1. The third kappa shape index (κ3) is 2.76. The Balaban J connectivity index is 2.37. The zero-order chi connectivity index (χ0) is 13.1. The van der Waals surface area contributed by atoms with Crippen LogP contribution in [0.1, 0.15) is 5.56 Å². The zero-order valence-electron chi connectivity index (χ0n) is 9.05. The predicted octanol–water partition coefficient (Wildman–Crippen LogP) is 4.23. The molecular weight excluding hydrogens is 258 g/mol. The lowest BCUT2D eigenvalue weighted by atomic mass is 10.2. The Hall–Kier alpha value is -2.12. The van der Waals surface area contributed by atoms with Crippen LogP contribution < -0.4 is 5.32 Å². The summed E-state index contributed by atoms with van der Waals surface area (Å²) in [5, 5.41) is 11.9. The minimum Gasteiger partial charge on any atom is -0.354 e. The molecule has 0 heterocycles. The first-order valence-corrected chi connectivity index (χ1v) is 5.39. The van der Waals surface area contributed by atoms with E-state index >= 15 is 0 Å². The van der Waals surface area contributed by atoms with Crippen LogP contribution in [-0.2, 0) is 0 Å².